The van der Waals surface area contributed by atoms with Gasteiger partial charge < -0.3 is 10.6 Å². The van der Waals surface area contributed by atoms with Crippen molar-refractivity contribution in [1.82, 2.24) is 9.97 Å². The van der Waals surface area contributed by atoms with Crippen molar-refractivity contribution in [3.63, 3.8) is 0 Å². The van der Waals surface area contributed by atoms with Gasteiger partial charge in [-0.1, -0.05) is 12.1 Å². The van der Waals surface area contributed by atoms with Gasteiger partial charge in [-0.15, -0.1) is 0 Å². The molecule has 0 fully saturated rings. The van der Waals surface area contributed by atoms with Gasteiger partial charge in [-0.3, -0.25) is 9.59 Å². The minimum absolute atomic E-state index is 0.150. The highest BCUT2D eigenvalue weighted by molar-refractivity contribution is 5.92. The van der Waals surface area contributed by atoms with E-state index in [1.807, 2.05) is 26.0 Å². The first-order valence-electron chi connectivity index (χ1n) is 7.48. The number of rotatable bonds is 6. The lowest BCUT2D eigenvalue weighted by Gasteiger charge is -2.06. The second-order valence-corrected chi connectivity index (χ2v) is 5.39. The number of aromatic nitrogens is 2. The van der Waals surface area contributed by atoms with Gasteiger partial charge in [-0.25, -0.2) is 9.97 Å². The molecule has 0 aromatic carbocycles. The first-order valence-corrected chi connectivity index (χ1v) is 7.48. The summed E-state index contributed by atoms with van der Waals surface area (Å²) in [7, 11) is 0. The van der Waals surface area contributed by atoms with Crippen molar-refractivity contribution in [2.75, 3.05) is 10.6 Å². The van der Waals surface area contributed by atoms with Crippen molar-refractivity contribution in [3.8, 4) is 0 Å². The molecule has 2 heterocycles. The summed E-state index contributed by atoms with van der Waals surface area (Å²) in [6.07, 6.45) is 4.39. The van der Waals surface area contributed by atoms with E-state index in [1.165, 1.54) is 0 Å². The predicted molar refractivity (Wildman–Crippen MR) is 89.1 cm³/mol. The summed E-state index contributed by atoms with van der Waals surface area (Å²) in [5, 5.41) is 5.41. The van der Waals surface area contributed by atoms with Crippen molar-refractivity contribution in [2.45, 2.75) is 33.1 Å². The predicted octanol–water partition coefficient (Wildman–Crippen LogP) is 2.84. The second-order valence-electron chi connectivity index (χ2n) is 5.39. The number of hydrogen-bond donors (Lipinski definition) is 2. The summed E-state index contributed by atoms with van der Waals surface area (Å²) in [5.74, 6) is 0.744. The van der Waals surface area contributed by atoms with Crippen LogP contribution in [0.25, 0.3) is 0 Å². The van der Waals surface area contributed by atoms with Gasteiger partial charge in [0.25, 0.3) is 0 Å². The van der Waals surface area contributed by atoms with E-state index in [1.54, 1.807) is 24.5 Å². The van der Waals surface area contributed by atoms with Crippen molar-refractivity contribution < 1.29 is 9.59 Å². The van der Waals surface area contributed by atoms with Crippen molar-refractivity contribution in [1.29, 1.82) is 0 Å². The van der Waals surface area contributed by atoms with Crippen LogP contribution in [0.15, 0.2) is 36.7 Å². The molecule has 2 aromatic heterocycles. The van der Waals surface area contributed by atoms with Gasteiger partial charge in [-0.2, -0.15) is 0 Å². The van der Waals surface area contributed by atoms with Crippen LogP contribution in [-0.4, -0.2) is 21.8 Å². The molecule has 0 saturated carbocycles. The van der Waals surface area contributed by atoms with Gasteiger partial charge in [0.2, 0.25) is 11.8 Å². The maximum atomic E-state index is 11.8. The molecule has 2 aromatic rings. The van der Waals surface area contributed by atoms with E-state index < -0.39 is 0 Å². The molecule has 0 radical (unpaired) electrons. The molecule has 6 nitrogen and oxygen atoms in total. The zero-order valence-corrected chi connectivity index (χ0v) is 13.3. The summed E-state index contributed by atoms with van der Waals surface area (Å²) in [5.41, 5.74) is 2.06. The van der Waals surface area contributed by atoms with E-state index in [-0.39, 0.29) is 24.7 Å². The van der Waals surface area contributed by atoms with E-state index >= 15 is 0 Å². The van der Waals surface area contributed by atoms with E-state index in [4.69, 9.17) is 0 Å². The standard InChI is InChI=1S/C17H20N4O2/c1-12-6-8-14(18-10-12)20-16(22)4-3-5-17(23)21-15-9-7-13(2)11-19-15/h6-11H,3-5H2,1-2H3,(H,18,20,22)(H,19,21,23). The average Bonchev–Trinajstić information content (AvgIpc) is 2.52. The monoisotopic (exact) mass is 312 g/mol. The maximum absolute atomic E-state index is 11.8. The molecule has 0 atom stereocenters. The third kappa shape index (κ3) is 5.86. The van der Waals surface area contributed by atoms with Crippen LogP contribution >= 0.6 is 0 Å². The van der Waals surface area contributed by atoms with Crippen LogP contribution in [-0.2, 0) is 9.59 Å². The number of nitrogens with zero attached hydrogens (tertiary/aromatic N) is 2. The number of nitrogens with one attached hydrogen (secondary N) is 2. The lowest BCUT2D eigenvalue weighted by atomic mass is 10.2. The Kier molecular flexibility index (Phi) is 5.80. The van der Waals surface area contributed by atoms with Gasteiger partial charge in [-0.05, 0) is 43.5 Å². The normalized spacial score (nSPS) is 10.2. The van der Waals surface area contributed by atoms with Crippen LogP contribution in [0.1, 0.15) is 30.4 Å². The number of carbonyl (C=O) groups is 2. The van der Waals surface area contributed by atoms with E-state index in [0.717, 1.165) is 11.1 Å². The minimum atomic E-state index is -0.150. The number of pyridine rings is 2. The molecule has 120 valence electrons. The fourth-order valence-corrected chi connectivity index (χ4v) is 1.90. The van der Waals surface area contributed by atoms with Gasteiger partial charge in [0.1, 0.15) is 11.6 Å². The lowest BCUT2D eigenvalue weighted by Crippen LogP contribution is -2.15. The van der Waals surface area contributed by atoms with Crippen LogP contribution in [0.2, 0.25) is 0 Å². The highest BCUT2D eigenvalue weighted by Gasteiger charge is 2.07. The van der Waals surface area contributed by atoms with Crippen LogP contribution in [0.3, 0.4) is 0 Å². The van der Waals surface area contributed by atoms with Gasteiger partial charge in [0, 0.05) is 25.2 Å². The number of amides is 2. The molecule has 23 heavy (non-hydrogen) atoms. The minimum Gasteiger partial charge on any atom is -0.311 e. The van der Waals surface area contributed by atoms with Crippen molar-refractivity contribution in [3.05, 3.63) is 47.8 Å². The second kappa shape index (κ2) is 8.03. The van der Waals surface area contributed by atoms with Crippen molar-refractivity contribution in [2.24, 2.45) is 0 Å². The fourth-order valence-electron chi connectivity index (χ4n) is 1.90. The molecule has 2 rings (SSSR count). The van der Waals surface area contributed by atoms with E-state index in [0.29, 0.717) is 18.1 Å². The third-order valence-electron chi connectivity index (χ3n) is 3.17. The summed E-state index contributed by atoms with van der Waals surface area (Å²) in [4.78, 5) is 31.8. The molecule has 0 aliphatic carbocycles. The molecular weight excluding hydrogens is 292 g/mol. The third-order valence-corrected chi connectivity index (χ3v) is 3.17. The Balaban J connectivity index is 1.69. The molecule has 0 bridgehead atoms. The Morgan fingerprint density at radius 2 is 1.26 bits per heavy atom. The highest BCUT2D eigenvalue weighted by atomic mass is 16.2. The first-order chi connectivity index (χ1) is 11.0. The summed E-state index contributed by atoms with van der Waals surface area (Å²) in [6.45, 7) is 3.86. The summed E-state index contributed by atoms with van der Waals surface area (Å²) in [6, 6.07) is 7.27. The molecule has 0 unspecified atom stereocenters. The summed E-state index contributed by atoms with van der Waals surface area (Å²) >= 11 is 0. The average molecular weight is 312 g/mol. The highest BCUT2D eigenvalue weighted by Crippen LogP contribution is 2.08. The fraction of sp³-hybridized carbons (Fsp3) is 0.294. The molecule has 2 N–H and O–H groups in total. The van der Waals surface area contributed by atoms with Crippen LogP contribution in [0, 0.1) is 13.8 Å². The molecule has 0 aliphatic heterocycles. The molecule has 2 amide bonds. The Morgan fingerprint density at radius 1 is 0.826 bits per heavy atom. The summed E-state index contributed by atoms with van der Waals surface area (Å²) < 4.78 is 0. The first kappa shape index (κ1) is 16.6. The molecule has 0 saturated heterocycles. The Morgan fingerprint density at radius 3 is 1.61 bits per heavy atom. The molecular formula is C17H20N4O2. The Bertz CT molecular complexity index is 606. The maximum Gasteiger partial charge on any atom is 0.225 e. The van der Waals surface area contributed by atoms with Gasteiger partial charge >= 0.3 is 0 Å². The SMILES string of the molecule is Cc1ccc(NC(=O)CCCC(=O)Nc2ccc(C)cn2)nc1. The topological polar surface area (TPSA) is 84.0 Å². The molecule has 0 aliphatic rings. The van der Waals surface area contributed by atoms with Crippen LogP contribution in [0.5, 0.6) is 0 Å². The number of aryl methyl sites for hydroxylation is 2. The number of hydrogen-bond acceptors (Lipinski definition) is 4. The zero-order valence-electron chi connectivity index (χ0n) is 13.3. The molecule has 0 spiro atoms. The van der Waals surface area contributed by atoms with Crippen molar-refractivity contribution >= 4 is 23.5 Å². The Hall–Kier alpha value is -2.76. The largest absolute Gasteiger partial charge is 0.311 e. The van der Waals surface area contributed by atoms with Gasteiger partial charge in [0.05, 0.1) is 0 Å². The number of anilines is 2. The quantitative estimate of drug-likeness (QED) is 0.859. The number of carbonyl (C=O) groups excluding carboxylic acids is 2. The van der Waals surface area contributed by atoms with E-state index in [9.17, 15) is 9.59 Å². The lowest BCUT2D eigenvalue weighted by molar-refractivity contribution is -0.117. The smallest absolute Gasteiger partial charge is 0.225 e. The molecule has 6 heteroatoms. The van der Waals surface area contributed by atoms with Gasteiger partial charge in [0.15, 0.2) is 0 Å². The van der Waals surface area contributed by atoms with Crippen LogP contribution < -0.4 is 10.6 Å². The van der Waals surface area contributed by atoms with Crippen LogP contribution in [0.4, 0.5) is 11.6 Å². The Labute approximate surface area is 135 Å². The van der Waals surface area contributed by atoms with E-state index in [2.05, 4.69) is 20.6 Å². The zero-order chi connectivity index (χ0) is 16.7.